The van der Waals surface area contributed by atoms with Crippen molar-refractivity contribution < 1.29 is 14.3 Å². The monoisotopic (exact) mass is 379 g/mol. The van der Waals surface area contributed by atoms with Gasteiger partial charge in [0.15, 0.2) is 10.1 Å². The average Bonchev–Trinajstić information content (AvgIpc) is 2.86. The van der Waals surface area contributed by atoms with Gasteiger partial charge in [-0.05, 0) is 57.1 Å². The zero-order chi connectivity index (χ0) is 18.6. The summed E-state index contributed by atoms with van der Waals surface area (Å²) in [7, 11) is 0. The third-order valence-corrected chi connectivity index (χ3v) is 5.13. The average molecular weight is 380 g/mol. The van der Waals surface area contributed by atoms with E-state index in [4.69, 9.17) is 17.0 Å². The van der Waals surface area contributed by atoms with Crippen LogP contribution in [0.5, 0.6) is 5.75 Å². The number of benzene rings is 1. The Kier molecular flexibility index (Phi) is 6.33. The maximum absolute atomic E-state index is 12.1. The summed E-state index contributed by atoms with van der Waals surface area (Å²) in [4.78, 5) is 27.9. The van der Waals surface area contributed by atoms with E-state index >= 15 is 0 Å². The number of ether oxygens (including phenoxy) is 1. The molecule has 1 heterocycles. The molecule has 8 heteroatoms. The predicted molar refractivity (Wildman–Crippen MR) is 100 cm³/mol. The SMILES string of the molecule is Cc1cccc(OC(C)C(=O)NNC(=O)Cc2sc(=S)[nH]c2C)c1C. The molecule has 2 aromatic rings. The highest BCUT2D eigenvalue weighted by atomic mass is 32.1. The number of H-pyrrole nitrogens is 1. The number of aromatic nitrogens is 1. The zero-order valence-electron chi connectivity index (χ0n) is 14.6. The van der Waals surface area contributed by atoms with Gasteiger partial charge in [-0.3, -0.25) is 20.4 Å². The van der Waals surface area contributed by atoms with E-state index in [0.717, 1.165) is 21.7 Å². The molecule has 1 atom stereocenters. The van der Waals surface area contributed by atoms with Crippen LogP contribution in [-0.4, -0.2) is 22.9 Å². The van der Waals surface area contributed by atoms with Crippen molar-refractivity contribution in [3.8, 4) is 5.75 Å². The Hall–Kier alpha value is -2.19. The van der Waals surface area contributed by atoms with Crippen molar-refractivity contribution in [3.63, 3.8) is 0 Å². The minimum Gasteiger partial charge on any atom is -0.481 e. The molecular weight excluding hydrogens is 358 g/mol. The molecule has 0 aliphatic carbocycles. The van der Waals surface area contributed by atoms with Gasteiger partial charge in [0.25, 0.3) is 5.91 Å². The third-order valence-electron chi connectivity index (χ3n) is 3.80. The molecule has 0 aliphatic rings. The Labute approximate surface area is 155 Å². The number of rotatable bonds is 5. The normalized spacial score (nSPS) is 11.7. The number of aromatic amines is 1. The largest absolute Gasteiger partial charge is 0.481 e. The number of thiazole rings is 1. The highest BCUT2D eigenvalue weighted by molar-refractivity contribution is 7.73. The lowest BCUT2D eigenvalue weighted by molar-refractivity contribution is -0.132. The summed E-state index contributed by atoms with van der Waals surface area (Å²) in [6.45, 7) is 7.40. The van der Waals surface area contributed by atoms with E-state index in [1.807, 2.05) is 39.0 Å². The van der Waals surface area contributed by atoms with Crippen molar-refractivity contribution in [1.29, 1.82) is 0 Å². The molecule has 0 bridgehead atoms. The fourth-order valence-electron chi connectivity index (χ4n) is 2.12. The smallest absolute Gasteiger partial charge is 0.279 e. The molecular formula is C17H21N3O3S2. The first-order valence-corrected chi connectivity index (χ1v) is 9.00. The van der Waals surface area contributed by atoms with Crippen LogP contribution in [0.1, 0.15) is 28.6 Å². The van der Waals surface area contributed by atoms with Crippen LogP contribution >= 0.6 is 23.6 Å². The lowest BCUT2D eigenvalue weighted by Crippen LogP contribution is -2.47. The van der Waals surface area contributed by atoms with Gasteiger partial charge in [0.2, 0.25) is 5.91 Å². The number of hydrogen-bond acceptors (Lipinski definition) is 5. The summed E-state index contributed by atoms with van der Waals surface area (Å²) in [5, 5.41) is 0. The Morgan fingerprint density at radius 2 is 2.00 bits per heavy atom. The fraction of sp³-hybridized carbons (Fsp3) is 0.353. The molecule has 0 saturated carbocycles. The lowest BCUT2D eigenvalue weighted by atomic mass is 10.1. The molecule has 0 fully saturated rings. The summed E-state index contributed by atoms with van der Waals surface area (Å²) in [5.41, 5.74) is 7.72. The van der Waals surface area contributed by atoms with Gasteiger partial charge in [0.1, 0.15) is 5.75 Å². The van der Waals surface area contributed by atoms with Crippen molar-refractivity contribution >= 4 is 35.4 Å². The van der Waals surface area contributed by atoms with Crippen LogP contribution in [0.15, 0.2) is 18.2 Å². The molecule has 3 N–H and O–H groups in total. The summed E-state index contributed by atoms with van der Waals surface area (Å²) in [6.07, 6.45) is -0.590. The van der Waals surface area contributed by atoms with Gasteiger partial charge >= 0.3 is 0 Å². The number of aryl methyl sites for hydroxylation is 2. The van der Waals surface area contributed by atoms with Crippen LogP contribution in [0.25, 0.3) is 0 Å². The van der Waals surface area contributed by atoms with Gasteiger partial charge in [0, 0.05) is 10.6 Å². The van der Waals surface area contributed by atoms with Crippen LogP contribution in [0, 0.1) is 24.7 Å². The van der Waals surface area contributed by atoms with Gasteiger partial charge in [-0.15, -0.1) is 11.3 Å². The van der Waals surface area contributed by atoms with Crippen LogP contribution < -0.4 is 15.6 Å². The molecule has 1 aromatic heterocycles. The van der Waals surface area contributed by atoms with Crippen molar-refractivity contribution in [3.05, 3.63) is 43.9 Å². The third kappa shape index (κ3) is 5.14. The first-order chi connectivity index (χ1) is 11.8. The van der Waals surface area contributed by atoms with E-state index in [-0.39, 0.29) is 12.3 Å². The van der Waals surface area contributed by atoms with Gasteiger partial charge in [-0.1, -0.05) is 12.1 Å². The topological polar surface area (TPSA) is 83.2 Å². The van der Waals surface area contributed by atoms with Gasteiger partial charge in [0.05, 0.1) is 6.42 Å². The quantitative estimate of drug-likeness (QED) is 0.551. The number of carbonyl (C=O) groups excluding carboxylic acids is 2. The van der Waals surface area contributed by atoms with E-state index in [9.17, 15) is 9.59 Å². The van der Waals surface area contributed by atoms with Gasteiger partial charge < -0.3 is 9.72 Å². The highest BCUT2D eigenvalue weighted by Crippen LogP contribution is 2.21. The Morgan fingerprint density at radius 1 is 1.28 bits per heavy atom. The number of amides is 2. The second-order valence-electron chi connectivity index (χ2n) is 5.74. The maximum atomic E-state index is 12.1. The number of hydrazine groups is 1. The minimum atomic E-state index is -0.739. The molecule has 1 aromatic carbocycles. The number of nitrogens with one attached hydrogen (secondary N) is 3. The van der Waals surface area contributed by atoms with E-state index in [1.54, 1.807) is 6.92 Å². The molecule has 25 heavy (non-hydrogen) atoms. The number of carbonyl (C=O) groups is 2. The second kappa shape index (κ2) is 8.26. The fourth-order valence-corrected chi connectivity index (χ4v) is 3.41. The van der Waals surface area contributed by atoms with Crippen molar-refractivity contribution in [2.24, 2.45) is 0 Å². The highest BCUT2D eigenvalue weighted by Gasteiger charge is 2.17. The van der Waals surface area contributed by atoms with Gasteiger partial charge in [-0.25, -0.2) is 0 Å². The van der Waals surface area contributed by atoms with Crippen molar-refractivity contribution in [2.45, 2.75) is 40.2 Å². The van der Waals surface area contributed by atoms with E-state index in [0.29, 0.717) is 9.70 Å². The molecule has 0 spiro atoms. The van der Waals surface area contributed by atoms with Crippen LogP contribution in [-0.2, 0) is 16.0 Å². The molecule has 0 aliphatic heterocycles. The Bertz CT molecular complexity index is 842. The first-order valence-electron chi connectivity index (χ1n) is 7.78. The van der Waals surface area contributed by atoms with Gasteiger partial charge in [-0.2, -0.15) is 0 Å². The molecule has 1 unspecified atom stereocenters. The summed E-state index contributed by atoms with van der Waals surface area (Å²) >= 11 is 6.39. The van der Waals surface area contributed by atoms with E-state index in [2.05, 4.69) is 15.8 Å². The van der Waals surface area contributed by atoms with Crippen molar-refractivity contribution in [2.75, 3.05) is 0 Å². The summed E-state index contributed by atoms with van der Waals surface area (Å²) in [5.74, 6) is -0.0926. The Morgan fingerprint density at radius 3 is 2.64 bits per heavy atom. The maximum Gasteiger partial charge on any atom is 0.279 e. The summed E-state index contributed by atoms with van der Waals surface area (Å²) < 4.78 is 6.31. The second-order valence-corrected chi connectivity index (χ2v) is 7.51. The zero-order valence-corrected chi connectivity index (χ0v) is 16.2. The predicted octanol–water partition coefficient (Wildman–Crippen LogP) is 2.89. The minimum absolute atomic E-state index is 0.149. The Balaban J connectivity index is 1.86. The molecule has 0 radical (unpaired) electrons. The van der Waals surface area contributed by atoms with Crippen LogP contribution in [0.4, 0.5) is 0 Å². The van der Waals surface area contributed by atoms with Crippen LogP contribution in [0.2, 0.25) is 0 Å². The van der Waals surface area contributed by atoms with Crippen LogP contribution in [0.3, 0.4) is 0 Å². The molecule has 2 amide bonds. The standard InChI is InChI=1S/C17H21N3O3S2/c1-9-6-5-7-13(10(9)2)23-12(4)16(22)20-19-15(21)8-14-11(3)18-17(24)25-14/h5-7,12H,8H2,1-4H3,(H,18,24)(H,19,21)(H,20,22). The number of hydrogen-bond donors (Lipinski definition) is 3. The molecule has 0 saturated heterocycles. The molecule has 6 nitrogen and oxygen atoms in total. The molecule has 134 valence electrons. The summed E-state index contributed by atoms with van der Waals surface area (Å²) in [6, 6.07) is 5.66. The molecule has 2 rings (SSSR count). The van der Waals surface area contributed by atoms with E-state index < -0.39 is 12.0 Å². The lowest BCUT2D eigenvalue weighted by Gasteiger charge is -2.17. The first kappa shape index (κ1) is 19.1. The van der Waals surface area contributed by atoms with Crippen molar-refractivity contribution in [1.82, 2.24) is 15.8 Å². The van der Waals surface area contributed by atoms with E-state index in [1.165, 1.54) is 11.3 Å².